The van der Waals surface area contributed by atoms with E-state index >= 15 is 0 Å². The van der Waals surface area contributed by atoms with Gasteiger partial charge in [-0.2, -0.15) is 0 Å². The van der Waals surface area contributed by atoms with E-state index in [-0.39, 0.29) is 0 Å². The molecule has 0 radical (unpaired) electrons. The second-order valence-electron chi connectivity index (χ2n) is 0.469. The maximum atomic E-state index is 4.44. The molecule has 0 rings (SSSR count). The average Bonchev–Trinajstić information content (AvgIpc) is 1.41. The summed E-state index contributed by atoms with van der Waals surface area (Å²) in [6, 6.07) is 0. The first-order valence-corrected chi connectivity index (χ1v) is 1.25. The van der Waals surface area contributed by atoms with Crippen LogP contribution in [0.15, 0.2) is 5.16 Å². The van der Waals surface area contributed by atoms with Crippen LogP contribution in [0.25, 0.3) is 0 Å². The number of nitrogens with zero attached hydrogens (tertiary/aromatic N) is 1. The molecular formula is C2H6N2O. The minimum absolute atomic E-state index is 1.46. The summed E-state index contributed by atoms with van der Waals surface area (Å²) in [7, 11) is 0. The van der Waals surface area contributed by atoms with Crippen molar-refractivity contribution in [3.8, 4) is 0 Å². The number of hydrogen-bond donors (Lipinski definition) is 1. The molecule has 0 aliphatic heterocycles. The van der Waals surface area contributed by atoms with Crippen LogP contribution in [0.4, 0.5) is 0 Å². The van der Waals surface area contributed by atoms with Crippen molar-refractivity contribution in [2.75, 3.05) is 0 Å². The molecule has 0 aliphatic carbocycles. The molecule has 0 fully saturated rings. The minimum Gasteiger partial charge on any atom is -0.303 e. The van der Waals surface area contributed by atoms with E-state index in [1.54, 1.807) is 6.92 Å². The van der Waals surface area contributed by atoms with Crippen LogP contribution in [0.1, 0.15) is 6.92 Å². The van der Waals surface area contributed by atoms with Crippen LogP contribution in [0.5, 0.6) is 0 Å². The predicted octanol–water partition coefficient (Wildman–Crippen LogP) is -0.118. The zero-order valence-electron chi connectivity index (χ0n) is 3.01. The topological polar surface area (TPSA) is 47.6 Å². The van der Waals surface area contributed by atoms with Gasteiger partial charge in [-0.25, -0.2) is 0 Å². The highest BCUT2D eigenvalue weighted by Gasteiger charge is 1.47. The third-order valence-corrected chi connectivity index (χ3v) is 0.166. The van der Waals surface area contributed by atoms with E-state index < -0.39 is 0 Å². The molecule has 0 amide bonds. The monoisotopic (exact) mass is 74.0 g/mol. The van der Waals surface area contributed by atoms with Gasteiger partial charge in [0.25, 0.3) is 0 Å². The van der Waals surface area contributed by atoms with Gasteiger partial charge >= 0.3 is 0 Å². The Labute approximate surface area is 30.4 Å². The molecule has 0 aliphatic rings. The van der Waals surface area contributed by atoms with Crippen LogP contribution in [0, 0.1) is 0 Å². The van der Waals surface area contributed by atoms with Crippen molar-refractivity contribution < 1.29 is 4.94 Å². The summed E-state index contributed by atoms with van der Waals surface area (Å²) in [5.41, 5.74) is 0. The van der Waals surface area contributed by atoms with E-state index in [0.717, 1.165) is 0 Å². The molecule has 0 aromatic heterocycles. The maximum Gasteiger partial charge on any atom is 0.0431 e. The van der Waals surface area contributed by atoms with Gasteiger partial charge in [0.2, 0.25) is 0 Å². The lowest BCUT2D eigenvalue weighted by Gasteiger charge is -1.74. The lowest BCUT2D eigenvalue weighted by Crippen LogP contribution is -1.87. The summed E-state index contributed by atoms with van der Waals surface area (Å²) in [6.07, 6.45) is 1.46. The fraction of sp³-hybridized carbons (Fsp3) is 0.500. The first-order valence-electron chi connectivity index (χ1n) is 1.25. The Morgan fingerprint density at radius 1 is 2.00 bits per heavy atom. The third kappa shape index (κ3) is 3.43. The van der Waals surface area contributed by atoms with Gasteiger partial charge in [0.1, 0.15) is 0 Å². The summed E-state index contributed by atoms with van der Waals surface area (Å²) in [5, 5.41) is 3.12. The van der Waals surface area contributed by atoms with Gasteiger partial charge in [0.05, 0.1) is 0 Å². The molecule has 5 heavy (non-hydrogen) atoms. The van der Waals surface area contributed by atoms with E-state index in [1.807, 2.05) is 0 Å². The molecule has 0 heterocycles. The standard InChI is InChI=1S/C2H6N2O/c1-2-4-5-3/h2H,3H2,1H3. The Hall–Kier alpha value is -0.570. The second kappa shape index (κ2) is 3.43. The molecule has 0 saturated heterocycles. The molecule has 30 valence electrons. The third-order valence-electron chi connectivity index (χ3n) is 0.166. The van der Waals surface area contributed by atoms with Crippen LogP contribution < -0.4 is 5.90 Å². The van der Waals surface area contributed by atoms with Gasteiger partial charge in [-0.15, -0.1) is 5.90 Å². The fourth-order valence-electron chi connectivity index (χ4n) is 0.0609. The first kappa shape index (κ1) is 4.43. The van der Waals surface area contributed by atoms with Crippen LogP contribution in [0.3, 0.4) is 0 Å². The highest BCUT2D eigenvalue weighted by Crippen LogP contribution is 1.51. The van der Waals surface area contributed by atoms with E-state index in [1.165, 1.54) is 6.21 Å². The van der Waals surface area contributed by atoms with Crippen LogP contribution in [0.2, 0.25) is 0 Å². The Bertz CT molecular complexity index is 34.6. The molecule has 3 nitrogen and oxygen atoms in total. The van der Waals surface area contributed by atoms with Gasteiger partial charge in [-0.1, -0.05) is 5.16 Å². The average molecular weight is 74.1 g/mol. The smallest absolute Gasteiger partial charge is 0.0431 e. The lowest BCUT2D eigenvalue weighted by molar-refractivity contribution is 0.150. The van der Waals surface area contributed by atoms with Gasteiger partial charge in [0.15, 0.2) is 0 Å². The molecule has 0 unspecified atom stereocenters. The Morgan fingerprint density at radius 2 is 2.60 bits per heavy atom. The Balaban J connectivity index is 2.62. The highest BCUT2D eigenvalue weighted by molar-refractivity contribution is 5.52. The van der Waals surface area contributed by atoms with Crippen molar-refractivity contribution in [3.63, 3.8) is 0 Å². The Kier molecular flexibility index (Phi) is 3.04. The summed E-state index contributed by atoms with van der Waals surface area (Å²) >= 11 is 0. The number of oxime groups is 1. The zero-order chi connectivity index (χ0) is 4.12. The van der Waals surface area contributed by atoms with Gasteiger partial charge in [0, 0.05) is 6.21 Å². The van der Waals surface area contributed by atoms with Crippen molar-refractivity contribution in [2.45, 2.75) is 6.92 Å². The van der Waals surface area contributed by atoms with Gasteiger partial charge < -0.3 is 4.94 Å². The van der Waals surface area contributed by atoms with E-state index in [2.05, 4.69) is 16.0 Å². The van der Waals surface area contributed by atoms with Crippen LogP contribution in [-0.2, 0) is 4.94 Å². The molecule has 0 saturated carbocycles. The van der Waals surface area contributed by atoms with E-state index in [0.29, 0.717) is 0 Å². The maximum absolute atomic E-state index is 4.44. The molecule has 3 heteroatoms. The van der Waals surface area contributed by atoms with Crippen molar-refractivity contribution >= 4 is 6.21 Å². The normalized spacial score (nSPS) is 9.20. The quantitative estimate of drug-likeness (QED) is 0.348. The zero-order valence-corrected chi connectivity index (χ0v) is 3.01. The molecule has 0 bridgehead atoms. The lowest BCUT2D eigenvalue weighted by atomic mass is 10.9. The second-order valence-corrected chi connectivity index (χ2v) is 0.469. The highest BCUT2D eigenvalue weighted by atomic mass is 16.7. The van der Waals surface area contributed by atoms with E-state index in [9.17, 15) is 0 Å². The van der Waals surface area contributed by atoms with E-state index in [4.69, 9.17) is 0 Å². The molecule has 2 N–H and O–H groups in total. The predicted molar refractivity (Wildman–Crippen MR) is 19.4 cm³/mol. The van der Waals surface area contributed by atoms with Gasteiger partial charge in [-0.05, 0) is 6.92 Å². The molecule has 0 aromatic rings. The SMILES string of the molecule is CC=NON. The minimum atomic E-state index is 1.46. The van der Waals surface area contributed by atoms with Crippen molar-refractivity contribution in [3.05, 3.63) is 0 Å². The van der Waals surface area contributed by atoms with Crippen molar-refractivity contribution in [1.29, 1.82) is 0 Å². The van der Waals surface area contributed by atoms with Gasteiger partial charge in [-0.3, -0.25) is 0 Å². The molecular weight excluding hydrogens is 68.0 g/mol. The summed E-state index contributed by atoms with van der Waals surface area (Å²) < 4.78 is 0. The molecule has 0 atom stereocenters. The fourth-order valence-corrected chi connectivity index (χ4v) is 0.0609. The van der Waals surface area contributed by atoms with Crippen LogP contribution >= 0.6 is 0 Å². The number of hydrogen-bond acceptors (Lipinski definition) is 3. The summed E-state index contributed by atoms with van der Waals surface area (Å²) in [4.78, 5) is 3.76. The van der Waals surface area contributed by atoms with Crippen molar-refractivity contribution in [1.82, 2.24) is 0 Å². The summed E-state index contributed by atoms with van der Waals surface area (Å²) in [6.45, 7) is 1.72. The number of nitrogens with two attached hydrogens (primary N) is 1. The largest absolute Gasteiger partial charge is 0.303 e. The molecule has 0 aromatic carbocycles. The Morgan fingerprint density at radius 3 is 2.60 bits per heavy atom. The van der Waals surface area contributed by atoms with Crippen LogP contribution in [-0.4, -0.2) is 6.21 Å². The number of rotatable bonds is 1. The summed E-state index contributed by atoms with van der Waals surface area (Å²) in [5.74, 6) is 4.44. The molecule has 0 spiro atoms. The van der Waals surface area contributed by atoms with Crippen molar-refractivity contribution in [2.24, 2.45) is 11.1 Å². The first-order chi connectivity index (χ1) is 2.41.